The number of hydrogen-bond acceptors (Lipinski definition) is 4. The van der Waals surface area contributed by atoms with Crippen LogP contribution in [-0.2, 0) is 11.3 Å². The van der Waals surface area contributed by atoms with E-state index in [0.717, 1.165) is 16.7 Å². The summed E-state index contributed by atoms with van der Waals surface area (Å²) in [6.07, 6.45) is 0. The summed E-state index contributed by atoms with van der Waals surface area (Å²) in [4.78, 5) is 11.3. The summed E-state index contributed by atoms with van der Waals surface area (Å²) >= 11 is 0. The first-order valence-corrected chi connectivity index (χ1v) is 6.27. The van der Waals surface area contributed by atoms with E-state index in [1.54, 1.807) is 7.11 Å². The molecule has 2 N–H and O–H groups in total. The normalized spacial score (nSPS) is 10.1. The van der Waals surface area contributed by atoms with Crippen LogP contribution in [0.1, 0.15) is 12.7 Å². The van der Waals surface area contributed by atoms with Crippen LogP contribution in [0.25, 0.3) is 11.0 Å². The van der Waals surface area contributed by atoms with Gasteiger partial charge in [0.05, 0.1) is 20.2 Å². The van der Waals surface area contributed by atoms with Gasteiger partial charge < -0.3 is 19.8 Å². The fourth-order valence-electron chi connectivity index (χ4n) is 1.90. The number of nitrogens with one attached hydrogen (secondary N) is 2. The Labute approximate surface area is 124 Å². The molecule has 0 aliphatic carbocycles. The minimum Gasteiger partial charge on any atom is -0.493 e. The first kappa shape index (κ1) is 16.3. The van der Waals surface area contributed by atoms with E-state index in [2.05, 4.69) is 10.6 Å². The molecule has 0 fully saturated rings. The maximum atomic E-state index is 11.3. The third kappa shape index (κ3) is 3.88. The molecule has 20 heavy (non-hydrogen) atoms. The van der Waals surface area contributed by atoms with Gasteiger partial charge in [-0.2, -0.15) is 0 Å². The van der Waals surface area contributed by atoms with Crippen molar-refractivity contribution in [2.24, 2.45) is 0 Å². The zero-order valence-electron chi connectivity index (χ0n) is 11.6. The Morgan fingerprint density at radius 3 is 2.90 bits per heavy atom. The van der Waals surface area contributed by atoms with Crippen molar-refractivity contribution in [3.63, 3.8) is 0 Å². The molecule has 1 aromatic carbocycles. The van der Waals surface area contributed by atoms with Crippen molar-refractivity contribution in [2.75, 3.05) is 20.2 Å². The lowest BCUT2D eigenvalue weighted by atomic mass is 10.2. The number of halogens is 1. The molecule has 1 heterocycles. The van der Waals surface area contributed by atoms with Gasteiger partial charge in [0.15, 0.2) is 11.3 Å². The summed E-state index contributed by atoms with van der Waals surface area (Å²) in [6, 6.07) is 7.69. The van der Waals surface area contributed by atoms with Crippen molar-refractivity contribution in [1.82, 2.24) is 10.6 Å². The van der Waals surface area contributed by atoms with Crippen molar-refractivity contribution in [3.05, 3.63) is 30.0 Å². The van der Waals surface area contributed by atoms with E-state index in [-0.39, 0.29) is 24.9 Å². The van der Waals surface area contributed by atoms with Gasteiger partial charge in [-0.25, -0.2) is 0 Å². The molecule has 0 saturated carbocycles. The Morgan fingerprint density at radius 2 is 2.20 bits per heavy atom. The fraction of sp³-hybridized carbons (Fsp3) is 0.357. The van der Waals surface area contributed by atoms with Crippen LogP contribution in [0.3, 0.4) is 0 Å². The number of ether oxygens (including phenoxy) is 1. The highest BCUT2D eigenvalue weighted by atomic mass is 35.5. The van der Waals surface area contributed by atoms with Gasteiger partial charge in [0.2, 0.25) is 5.91 Å². The summed E-state index contributed by atoms with van der Waals surface area (Å²) in [5.74, 6) is 1.48. The largest absolute Gasteiger partial charge is 0.493 e. The molecule has 0 radical (unpaired) electrons. The molecule has 6 heteroatoms. The molecule has 0 spiro atoms. The Balaban J connectivity index is 0.00000200. The summed E-state index contributed by atoms with van der Waals surface area (Å²) in [5.41, 5.74) is 0.736. The molecule has 0 atom stereocenters. The van der Waals surface area contributed by atoms with Crippen LogP contribution < -0.4 is 15.4 Å². The lowest BCUT2D eigenvalue weighted by Crippen LogP contribution is -2.33. The molecule has 2 aromatic rings. The van der Waals surface area contributed by atoms with Crippen molar-refractivity contribution in [2.45, 2.75) is 13.5 Å². The van der Waals surface area contributed by atoms with E-state index >= 15 is 0 Å². The molecule has 1 aromatic heterocycles. The van der Waals surface area contributed by atoms with E-state index < -0.39 is 0 Å². The molecule has 2 rings (SSSR count). The average molecular weight is 299 g/mol. The standard InChI is InChI=1S/C14H18N2O3.ClH/c1-3-16-13(17)9-15-8-11-7-10-5-4-6-12(18-2)14(10)19-11;/h4-7,15H,3,8-9H2,1-2H3,(H,16,17);1H. The number of furan rings is 1. The number of carbonyl (C=O) groups excluding carboxylic acids is 1. The van der Waals surface area contributed by atoms with Crippen molar-refractivity contribution in [3.8, 4) is 5.75 Å². The van der Waals surface area contributed by atoms with Gasteiger partial charge in [0.1, 0.15) is 5.76 Å². The Kier molecular flexibility index (Phi) is 6.35. The van der Waals surface area contributed by atoms with E-state index in [1.807, 2.05) is 31.2 Å². The lowest BCUT2D eigenvalue weighted by Gasteiger charge is -2.02. The van der Waals surface area contributed by atoms with Gasteiger partial charge in [0, 0.05) is 11.9 Å². The molecule has 0 saturated heterocycles. The van der Waals surface area contributed by atoms with Gasteiger partial charge >= 0.3 is 0 Å². The summed E-state index contributed by atoms with van der Waals surface area (Å²) in [7, 11) is 1.62. The smallest absolute Gasteiger partial charge is 0.233 e. The van der Waals surface area contributed by atoms with Crippen LogP contribution >= 0.6 is 12.4 Å². The van der Waals surface area contributed by atoms with E-state index in [1.165, 1.54) is 0 Å². The zero-order valence-corrected chi connectivity index (χ0v) is 12.4. The van der Waals surface area contributed by atoms with Gasteiger partial charge in [-0.1, -0.05) is 12.1 Å². The van der Waals surface area contributed by atoms with E-state index in [0.29, 0.717) is 18.8 Å². The minimum atomic E-state index is -0.0174. The van der Waals surface area contributed by atoms with E-state index in [9.17, 15) is 4.79 Å². The van der Waals surface area contributed by atoms with Crippen LogP contribution in [0.4, 0.5) is 0 Å². The number of para-hydroxylation sites is 1. The van der Waals surface area contributed by atoms with Gasteiger partial charge in [-0.15, -0.1) is 12.4 Å². The van der Waals surface area contributed by atoms with Crippen molar-refractivity contribution >= 4 is 29.3 Å². The highest BCUT2D eigenvalue weighted by Crippen LogP contribution is 2.28. The van der Waals surface area contributed by atoms with Crippen molar-refractivity contribution in [1.29, 1.82) is 0 Å². The first-order valence-electron chi connectivity index (χ1n) is 6.27. The third-order valence-electron chi connectivity index (χ3n) is 2.74. The molecule has 0 aliphatic heterocycles. The maximum absolute atomic E-state index is 11.3. The van der Waals surface area contributed by atoms with Crippen LogP contribution in [0.15, 0.2) is 28.7 Å². The van der Waals surface area contributed by atoms with Gasteiger partial charge in [0.25, 0.3) is 0 Å². The molecule has 5 nitrogen and oxygen atoms in total. The van der Waals surface area contributed by atoms with Gasteiger partial charge in [-0.05, 0) is 19.1 Å². The second-order valence-electron chi connectivity index (χ2n) is 4.15. The highest BCUT2D eigenvalue weighted by molar-refractivity contribution is 5.85. The number of methoxy groups -OCH3 is 1. The SMILES string of the molecule is CCNC(=O)CNCc1cc2cccc(OC)c2o1.Cl. The molecular weight excluding hydrogens is 280 g/mol. The highest BCUT2D eigenvalue weighted by Gasteiger charge is 2.08. The third-order valence-corrected chi connectivity index (χ3v) is 2.74. The van der Waals surface area contributed by atoms with Crippen molar-refractivity contribution < 1.29 is 13.9 Å². The van der Waals surface area contributed by atoms with Crippen LogP contribution in [0.5, 0.6) is 5.75 Å². The number of hydrogen-bond donors (Lipinski definition) is 2. The van der Waals surface area contributed by atoms with E-state index in [4.69, 9.17) is 9.15 Å². The number of likely N-dealkylation sites (N-methyl/N-ethyl adjacent to an activating group) is 1. The van der Waals surface area contributed by atoms with Crippen LogP contribution in [0.2, 0.25) is 0 Å². The number of fused-ring (bicyclic) bond motifs is 1. The summed E-state index contributed by atoms with van der Waals surface area (Å²) in [5, 5.41) is 6.76. The molecule has 0 aliphatic rings. The Bertz CT molecular complexity index is 569. The topological polar surface area (TPSA) is 63.5 Å². The maximum Gasteiger partial charge on any atom is 0.233 e. The molecule has 110 valence electrons. The predicted molar refractivity (Wildman–Crippen MR) is 80.4 cm³/mol. The number of benzene rings is 1. The second kappa shape index (κ2) is 7.77. The predicted octanol–water partition coefficient (Wildman–Crippen LogP) is 2.09. The first-order chi connectivity index (χ1) is 9.24. The summed E-state index contributed by atoms with van der Waals surface area (Å²) in [6.45, 7) is 3.32. The zero-order chi connectivity index (χ0) is 13.7. The molecular formula is C14H19ClN2O3. The molecule has 1 amide bonds. The fourth-order valence-corrected chi connectivity index (χ4v) is 1.90. The quantitative estimate of drug-likeness (QED) is 0.857. The van der Waals surface area contributed by atoms with Crippen LogP contribution in [-0.4, -0.2) is 26.1 Å². The number of rotatable bonds is 6. The lowest BCUT2D eigenvalue weighted by molar-refractivity contribution is -0.120. The summed E-state index contributed by atoms with van der Waals surface area (Å²) < 4.78 is 10.9. The molecule has 0 unspecified atom stereocenters. The Hall–Kier alpha value is -1.72. The number of amides is 1. The van der Waals surface area contributed by atoms with Crippen LogP contribution in [0, 0.1) is 0 Å². The monoisotopic (exact) mass is 298 g/mol. The number of carbonyl (C=O) groups is 1. The van der Waals surface area contributed by atoms with Gasteiger partial charge in [-0.3, -0.25) is 4.79 Å². The molecule has 0 bridgehead atoms. The second-order valence-corrected chi connectivity index (χ2v) is 4.15. The minimum absolute atomic E-state index is 0. The average Bonchev–Trinajstić information content (AvgIpc) is 2.81. The Morgan fingerprint density at radius 1 is 1.40 bits per heavy atom.